The second-order valence-electron chi connectivity index (χ2n) is 5.74. The average molecular weight is 333 g/mol. The highest BCUT2D eigenvalue weighted by Gasteiger charge is 2.18. The minimum Gasteiger partial charge on any atom is -0.312 e. The Kier molecular flexibility index (Phi) is 3.75. The maximum Gasteiger partial charge on any atom is 0.375 e. The highest BCUT2D eigenvalue weighted by Crippen LogP contribution is 2.36. The number of fused-ring (bicyclic) bond motifs is 3. The van der Waals surface area contributed by atoms with Crippen LogP contribution in [0.5, 0.6) is 0 Å². The van der Waals surface area contributed by atoms with E-state index in [-0.39, 0.29) is 0 Å². The molecule has 1 aromatic heterocycles. The Morgan fingerprint density at radius 2 is 1.88 bits per heavy atom. The number of hydrogen-bond acceptors (Lipinski definition) is 4. The van der Waals surface area contributed by atoms with Crippen LogP contribution < -0.4 is 0 Å². The van der Waals surface area contributed by atoms with Crippen LogP contribution in [0.1, 0.15) is 33.3 Å². The van der Waals surface area contributed by atoms with E-state index in [2.05, 4.69) is 41.6 Å². The Labute approximate surface area is 144 Å². The van der Waals surface area contributed by atoms with Crippen LogP contribution in [0.15, 0.2) is 65.1 Å². The number of carbonyl (C=O) groups excluding carboxylic acids is 1. The molecular weight excluding hydrogens is 318 g/mol. The van der Waals surface area contributed by atoms with Crippen LogP contribution in [-0.2, 0) is 11.3 Å². The number of rotatable bonds is 3. The van der Waals surface area contributed by atoms with E-state index in [0.717, 1.165) is 12.0 Å². The van der Waals surface area contributed by atoms with Gasteiger partial charge in [-0.2, -0.15) is 0 Å². The Bertz CT molecular complexity index is 942. The van der Waals surface area contributed by atoms with Crippen molar-refractivity contribution in [2.45, 2.75) is 13.3 Å². The molecule has 1 aliphatic rings. The molecule has 0 unspecified atom stereocenters. The lowest BCUT2D eigenvalue weighted by atomic mass is 10.0. The number of nitrogens with zero attached hydrogens (tertiary/aromatic N) is 1. The molecule has 3 nitrogen and oxygen atoms in total. The highest BCUT2D eigenvalue weighted by atomic mass is 32.1. The average Bonchev–Trinajstić information content (AvgIpc) is 3.26. The molecule has 0 radical (unpaired) electrons. The van der Waals surface area contributed by atoms with Crippen LogP contribution in [0, 0.1) is 0 Å². The molecule has 0 aliphatic heterocycles. The summed E-state index contributed by atoms with van der Waals surface area (Å²) in [6.07, 6.45) is 0.932. The van der Waals surface area contributed by atoms with Gasteiger partial charge in [0.25, 0.3) is 0 Å². The van der Waals surface area contributed by atoms with E-state index in [9.17, 15) is 4.79 Å². The van der Waals surface area contributed by atoms with E-state index in [4.69, 9.17) is 4.84 Å². The first-order valence-corrected chi connectivity index (χ1v) is 8.61. The molecule has 0 bridgehead atoms. The summed E-state index contributed by atoms with van der Waals surface area (Å²) in [7, 11) is 0. The van der Waals surface area contributed by atoms with Gasteiger partial charge in [0, 0.05) is 0 Å². The summed E-state index contributed by atoms with van der Waals surface area (Å²) in [4.78, 5) is 17.5. The molecule has 1 heterocycles. The number of oxime groups is 1. The van der Waals surface area contributed by atoms with Gasteiger partial charge in [-0.05, 0) is 58.7 Å². The fraction of sp³-hybridized carbons (Fsp3) is 0.100. The predicted molar refractivity (Wildman–Crippen MR) is 96.6 cm³/mol. The van der Waals surface area contributed by atoms with Crippen LogP contribution in [0.2, 0.25) is 0 Å². The van der Waals surface area contributed by atoms with Gasteiger partial charge in [-0.3, -0.25) is 0 Å². The second kappa shape index (κ2) is 6.06. The molecule has 24 heavy (non-hydrogen) atoms. The third-order valence-corrected chi connectivity index (χ3v) is 5.05. The lowest BCUT2D eigenvalue weighted by molar-refractivity contribution is 0.0522. The van der Waals surface area contributed by atoms with Crippen molar-refractivity contribution in [1.29, 1.82) is 0 Å². The zero-order chi connectivity index (χ0) is 16.5. The van der Waals surface area contributed by atoms with Crippen molar-refractivity contribution >= 4 is 23.0 Å². The summed E-state index contributed by atoms with van der Waals surface area (Å²) in [6.45, 7) is 1.85. The van der Waals surface area contributed by atoms with Gasteiger partial charge < -0.3 is 4.84 Å². The number of thiophene rings is 1. The molecule has 0 amide bonds. The van der Waals surface area contributed by atoms with Gasteiger partial charge in [-0.25, -0.2) is 4.79 Å². The molecule has 0 saturated carbocycles. The first-order chi connectivity index (χ1) is 11.7. The zero-order valence-corrected chi connectivity index (χ0v) is 14.0. The Balaban J connectivity index is 1.56. The van der Waals surface area contributed by atoms with Crippen LogP contribution in [0.25, 0.3) is 11.1 Å². The molecule has 0 saturated heterocycles. The quantitative estimate of drug-likeness (QED) is 0.304. The predicted octanol–water partition coefficient (Wildman–Crippen LogP) is 4.90. The van der Waals surface area contributed by atoms with E-state index in [1.54, 1.807) is 6.07 Å². The highest BCUT2D eigenvalue weighted by molar-refractivity contribution is 7.11. The van der Waals surface area contributed by atoms with Crippen LogP contribution in [0.3, 0.4) is 0 Å². The summed E-state index contributed by atoms with van der Waals surface area (Å²) in [5, 5.41) is 5.84. The van der Waals surface area contributed by atoms with Gasteiger partial charge in [-0.1, -0.05) is 47.6 Å². The van der Waals surface area contributed by atoms with Gasteiger partial charge in [0.1, 0.15) is 4.88 Å². The lowest BCUT2D eigenvalue weighted by Gasteiger charge is -2.05. The van der Waals surface area contributed by atoms with Gasteiger partial charge in [-0.15, -0.1) is 11.3 Å². The van der Waals surface area contributed by atoms with Crippen molar-refractivity contribution in [3.8, 4) is 11.1 Å². The molecule has 2 aromatic carbocycles. The first-order valence-electron chi connectivity index (χ1n) is 7.73. The summed E-state index contributed by atoms with van der Waals surface area (Å²) in [5.74, 6) is -0.419. The van der Waals surface area contributed by atoms with E-state index in [1.807, 2.05) is 24.4 Å². The van der Waals surface area contributed by atoms with Crippen molar-refractivity contribution in [1.82, 2.24) is 0 Å². The molecule has 4 rings (SSSR count). The molecule has 1 aliphatic carbocycles. The molecule has 0 atom stereocenters. The third-order valence-electron chi connectivity index (χ3n) is 4.20. The molecule has 0 fully saturated rings. The Morgan fingerprint density at radius 1 is 1.04 bits per heavy atom. The van der Waals surface area contributed by atoms with E-state index in [1.165, 1.54) is 33.6 Å². The SMILES string of the molecule is C/C(=N\OC(=O)c1cccs1)c1ccc2c(c1)Cc1ccccc1-2. The van der Waals surface area contributed by atoms with Crippen molar-refractivity contribution in [3.05, 3.63) is 81.5 Å². The molecule has 0 spiro atoms. The van der Waals surface area contributed by atoms with Crippen molar-refractivity contribution < 1.29 is 9.63 Å². The minimum absolute atomic E-state index is 0.419. The summed E-state index contributed by atoms with van der Waals surface area (Å²) in [6, 6.07) is 18.3. The fourth-order valence-electron chi connectivity index (χ4n) is 2.97. The number of hydrogen-bond donors (Lipinski definition) is 0. The van der Waals surface area contributed by atoms with Crippen LogP contribution in [-0.4, -0.2) is 11.7 Å². The van der Waals surface area contributed by atoms with Crippen LogP contribution >= 0.6 is 11.3 Å². The molecule has 0 N–H and O–H groups in total. The van der Waals surface area contributed by atoms with E-state index >= 15 is 0 Å². The second-order valence-corrected chi connectivity index (χ2v) is 6.69. The maximum atomic E-state index is 11.9. The van der Waals surface area contributed by atoms with E-state index in [0.29, 0.717) is 10.6 Å². The van der Waals surface area contributed by atoms with E-state index < -0.39 is 5.97 Å². The number of benzene rings is 2. The van der Waals surface area contributed by atoms with Gasteiger partial charge >= 0.3 is 5.97 Å². The molecule has 4 heteroatoms. The fourth-order valence-corrected chi connectivity index (χ4v) is 3.57. The molecular formula is C20H15NO2S. The summed E-state index contributed by atoms with van der Waals surface area (Å²) < 4.78 is 0. The van der Waals surface area contributed by atoms with Gasteiger partial charge in [0.05, 0.1) is 5.71 Å². The zero-order valence-electron chi connectivity index (χ0n) is 13.2. The number of carbonyl (C=O) groups is 1. The molecule has 118 valence electrons. The smallest absolute Gasteiger partial charge is 0.312 e. The Morgan fingerprint density at radius 3 is 2.71 bits per heavy atom. The molecule has 3 aromatic rings. The van der Waals surface area contributed by atoms with Crippen molar-refractivity contribution in [2.75, 3.05) is 0 Å². The third kappa shape index (κ3) is 2.65. The van der Waals surface area contributed by atoms with Gasteiger partial charge in [0.2, 0.25) is 0 Å². The Hall–Kier alpha value is -2.72. The topological polar surface area (TPSA) is 38.7 Å². The van der Waals surface area contributed by atoms with Gasteiger partial charge in [0.15, 0.2) is 0 Å². The van der Waals surface area contributed by atoms with Crippen LogP contribution in [0.4, 0.5) is 0 Å². The maximum absolute atomic E-state index is 11.9. The summed E-state index contributed by atoms with van der Waals surface area (Å²) in [5.41, 5.74) is 6.88. The summed E-state index contributed by atoms with van der Waals surface area (Å²) >= 11 is 1.34. The minimum atomic E-state index is -0.419. The normalized spacial score (nSPS) is 12.6. The van der Waals surface area contributed by atoms with Crippen molar-refractivity contribution in [3.63, 3.8) is 0 Å². The monoisotopic (exact) mass is 333 g/mol. The first kappa shape index (κ1) is 14.8. The largest absolute Gasteiger partial charge is 0.375 e. The van der Waals surface area contributed by atoms with Crippen molar-refractivity contribution in [2.24, 2.45) is 5.16 Å². The lowest BCUT2D eigenvalue weighted by Crippen LogP contribution is -2.02. The standard InChI is InChI=1S/C20H15NO2S/c1-13(21-23-20(22)19-7-4-10-24-19)14-8-9-18-16(11-14)12-15-5-2-3-6-17(15)18/h2-11H,12H2,1H3/b21-13+.